The molecule has 3 heteroatoms. The summed E-state index contributed by atoms with van der Waals surface area (Å²) in [7, 11) is 0. The number of rotatable bonds is 7. The molecule has 0 aromatic carbocycles. The summed E-state index contributed by atoms with van der Waals surface area (Å²) in [6.07, 6.45) is 5.10. The summed E-state index contributed by atoms with van der Waals surface area (Å²) in [5.41, 5.74) is 8.20. The van der Waals surface area contributed by atoms with Crippen LogP contribution in [-0.2, 0) is 6.54 Å². The van der Waals surface area contributed by atoms with Gasteiger partial charge in [-0.3, -0.25) is 0 Å². The van der Waals surface area contributed by atoms with E-state index in [-0.39, 0.29) is 0 Å². The van der Waals surface area contributed by atoms with Crippen molar-refractivity contribution in [2.24, 2.45) is 5.73 Å². The lowest BCUT2D eigenvalue weighted by Crippen LogP contribution is -2.28. The van der Waals surface area contributed by atoms with Gasteiger partial charge in [0.1, 0.15) is 5.82 Å². The minimum absolute atomic E-state index is 0.456. The predicted molar refractivity (Wildman–Crippen MR) is 81.5 cm³/mol. The van der Waals surface area contributed by atoms with Crippen molar-refractivity contribution in [3.8, 4) is 0 Å². The summed E-state index contributed by atoms with van der Waals surface area (Å²) >= 11 is 0. The molecule has 1 aliphatic carbocycles. The van der Waals surface area contributed by atoms with E-state index in [9.17, 15) is 0 Å². The van der Waals surface area contributed by atoms with Gasteiger partial charge in [-0.15, -0.1) is 0 Å². The van der Waals surface area contributed by atoms with E-state index in [1.165, 1.54) is 36.9 Å². The molecular formula is C16H27N3. The van der Waals surface area contributed by atoms with Gasteiger partial charge in [-0.2, -0.15) is 0 Å². The molecule has 106 valence electrons. The largest absolute Gasteiger partial charge is 0.354 e. The molecule has 1 fully saturated rings. The normalized spacial score (nSPS) is 15.0. The minimum Gasteiger partial charge on any atom is -0.354 e. The van der Waals surface area contributed by atoms with Crippen molar-refractivity contribution < 1.29 is 0 Å². The van der Waals surface area contributed by atoms with Gasteiger partial charge in [-0.1, -0.05) is 27.2 Å². The Labute approximate surface area is 117 Å². The van der Waals surface area contributed by atoms with Gasteiger partial charge in [0.15, 0.2) is 0 Å². The van der Waals surface area contributed by atoms with Crippen molar-refractivity contribution in [2.75, 3.05) is 11.4 Å². The number of aromatic nitrogens is 1. The van der Waals surface area contributed by atoms with E-state index in [0.29, 0.717) is 18.5 Å². The standard InChI is InChI=1S/C16H27N3/c1-4-5-8-19(14-6-7-14)16-10-13(11-17)9-15(18-16)12(2)3/h9-10,12,14H,4-8,11,17H2,1-3H3. The lowest BCUT2D eigenvalue weighted by Gasteiger charge is -2.25. The molecule has 1 saturated carbocycles. The molecule has 1 aromatic rings. The molecule has 0 bridgehead atoms. The molecule has 0 radical (unpaired) electrons. The molecule has 0 saturated heterocycles. The van der Waals surface area contributed by atoms with Crippen LogP contribution < -0.4 is 10.6 Å². The van der Waals surface area contributed by atoms with Crippen molar-refractivity contribution in [1.29, 1.82) is 0 Å². The fourth-order valence-corrected chi connectivity index (χ4v) is 2.35. The van der Waals surface area contributed by atoms with Crippen molar-refractivity contribution in [3.63, 3.8) is 0 Å². The van der Waals surface area contributed by atoms with Crippen LogP contribution >= 0.6 is 0 Å². The van der Waals surface area contributed by atoms with Gasteiger partial charge >= 0.3 is 0 Å². The summed E-state index contributed by atoms with van der Waals surface area (Å²) in [5.74, 6) is 1.60. The van der Waals surface area contributed by atoms with E-state index in [2.05, 4.69) is 37.8 Å². The first-order chi connectivity index (χ1) is 9.15. The third-order valence-corrected chi connectivity index (χ3v) is 3.75. The molecular weight excluding hydrogens is 234 g/mol. The number of nitrogens with two attached hydrogens (primary N) is 1. The van der Waals surface area contributed by atoms with E-state index in [4.69, 9.17) is 10.7 Å². The topological polar surface area (TPSA) is 42.1 Å². The second-order valence-corrected chi connectivity index (χ2v) is 5.90. The zero-order chi connectivity index (χ0) is 13.8. The Hall–Kier alpha value is -1.09. The molecule has 0 aliphatic heterocycles. The second-order valence-electron chi connectivity index (χ2n) is 5.90. The van der Waals surface area contributed by atoms with Crippen LogP contribution in [0.2, 0.25) is 0 Å². The monoisotopic (exact) mass is 261 g/mol. The van der Waals surface area contributed by atoms with Crippen LogP contribution in [0.25, 0.3) is 0 Å². The highest BCUT2D eigenvalue weighted by Gasteiger charge is 2.29. The zero-order valence-corrected chi connectivity index (χ0v) is 12.5. The number of hydrogen-bond acceptors (Lipinski definition) is 3. The van der Waals surface area contributed by atoms with E-state index >= 15 is 0 Å². The van der Waals surface area contributed by atoms with Crippen molar-refractivity contribution >= 4 is 5.82 Å². The first-order valence-electron chi connectivity index (χ1n) is 7.63. The molecule has 0 atom stereocenters. The van der Waals surface area contributed by atoms with Gasteiger partial charge in [-0.25, -0.2) is 4.98 Å². The smallest absolute Gasteiger partial charge is 0.129 e. The quantitative estimate of drug-likeness (QED) is 0.817. The Morgan fingerprint density at radius 2 is 2.11 bits per heavy atom. The van der Waals surface area contributed by atoms with Gasteiger partial charge in [0.05, 0.1) is 0 Å². The van der Waals surface area contributed by atoms with Gasteiger partial charge in [0.25, 0.3) is 0 Å². The van der Waals surface area contributed by atoms with Crippen LogP contribution in [0.15, 0.2) is 12.1 Å². The highest BCUT2D eigenvalue weighted by atomic mass is 15.2. The molecule has 2 N–H and O–H groups in total. The third-order valence-electron chi connectivity index (χ3n) is 3.75. The fraction of sp³-hybridized carbons (Fsp3) is 0.688. The number of hydrogen-bond donors (Lipinski definition) is 1. The summed E-state index contributed by atoms with van der Waals surface area (Å²) in [6, 6.07) is 5.05. The Morgan fingerprint density at radius 3 is 2.63 bits per heavy atom. The van der Waals surface area contributed by atoms with Gasteiger partial charge in [0, 0.05) is 24.8 Å². The maximum atomic E-state index is 5.83. The molecule has 0 spiro atoms. The molecule has 19 heavy (non-hydrogen) atoms. The lowest BCUT2D eigenvalue weighted by atomic mass is 10.1. The summed E-state index contributed by atoms with van der Waals surface area (Å²) in [6.45, 7) is 8.36. The molecule has 0 amide bonds. The van der Waals surface area contributed by atoms with Crippen molar-refractivity contribution in [2.45, 2.75) is 65.0 Å². The molecule has 3 nitrogen and oxygen atoms in total. The van der Waals surface area contributed by atoms with Gasteiger partial charge < -0.3 is 10.6 Å². The third kappa shape index (κ3) is 3.69. The fourth-order valence-electron chi connectivity index (χ4n) is 2.35. The van der Waals surface area contributed by atoms with E-state index in [1.54, 1.807) is 0 Å². The summed E-state index contributed by atoms with van der Waals surface area (Å²) in [5, 5.41) is 0. The number of nitrogens with zero attached hydrogens (tertiary/aromatic N) is 2. The Kier molecular flexibility index (Phi) is 4.81. The van der Waals surface area contributed by atoms with Crippen LogP contribution in [0.3, 0.4) is 0 Å². The molecule has 1 aromatic heterocycles. The Bertz CT molecular complexity index is 410. The minimum atomic E-state index is 0.456. The highest BCUT2D eigenvalue weighted by molar-refractivity contribution is 5.45. The number of anilines is 1. The predicted octanol–water partition coefficient (Wildman–Crippen LogP) is 3.43. The lowest BCUT2D eigenvalue weighted by molar-refractivity contribution is 0.697. The number of unbranched alkanes of at least 4 members (excludes halogenated alkanes) is 1. The van der Waals surface area contributed by atoms with Crippen LogP contribution in [0, 0.1) is 0 Å². The number of pyridine rings is 1. The Balaban J connectivity index is 2.26. The maximum Gasteiger partial charge on any atom is 0.129 e. The molecule has 1 heterocycles. The molecule has 2 rings (SSSR count). The SMILES string of the molecule is CCCCN(c1cc(CN)cc(C(C)C)n1)C1CC1. The average Bonchev–Trinajstić information content (AvgIpc) is 3.23. The first-order valence-corrected chi connectivity index (χ1v) is 7.63. The van der Waals surface area contributed by atoms with E-state index in [1.807, 2.05) is 0 Å². The van der Waals surface area contributed by atoms with Gasteiger partial charge in [-0.05, 0) is 42.9 Å². The zero-order valence-electron chi connectivity index (χ0n) is 12.5. The average molecular weight is 261 g/mol. The maximum absolute atomic E-state index is 5.83. The van der Waals surface area contributed by atoms with Crippen molar-refractivity contribution in [1.82, 2.24) is 4.98 Å². The molecule has 0 unspecified atom stereocenters. The first kappa shape index (κ1) is 14.3. The van der Waals surface area contributed by atoms with Crippen LogP contribution in [-0.4, -0.2) is 17.6 Å². The van der Waals surface area contributed by atoms with Crippen LogP contribution in [0.5, 0.6) is 0 Å². The summed E-state index contributed by atoms with van der Waals surface area (Å²) in [4.78, 5) is 7.36. The second kappa shape index (κ2) is 6.38. The van der Waals surface area contributed by atoms with Crippen molar-refractivity contribution in [3.05, 3.63) is 23.4 Å². The highest BCUT2D eigenvalue weighted by Crippen LogP contribution is 2.32. The summed E-state index contributed by atoms with van der Waals surface area (Å²) < 4.78 is 0. The Morgan fingerprint density at radius 1 is 1.37 bits per heavy atom. The van der Waals surface area contributed by atoms with Crippen LogP contribution in [0.1, 0.15) is 63.6 Å². The van der Waals surface area contributed by atoms with E-state index < -0.39 is 0 Å². The van der Waals surface area contributed by atoms with Gasteiger partial charge in [0.2, 0.25) is 0 Å². The van der Waals surface area contributed by atoms with Crippen LogP contribution in [0.4, 0.5) is 5.82 Å². The molecule has 1 aliphatic rings. The van der Waals surface area contributed by atoms with E-state index in [0.717, 1.165) is 12.4 Å².